The van der Waals surface area contributed by atoms with Crippen molar-refractivity contribution in [2.45, 2.75) is 12.5 Å². The number of nitrogens with one attached hydrogen (secondary N) is 1. The molecule has 6 heteroatoms. The second-order valence-electron chi connectivity index (χ2n) is 3.71. The monoisotopic (exact) mass is 249 g/mol. The Bertz CT molecular complexity index is 347. The zero-order chi connectivity index (χ0) is 11.5. The van der Waals surface area contributed by atoms with Gasteiger partial charge in [0.2, 0.25) is 0 Å². The predicted octanol–water partition coefficient (Wildman–Crippen LogP) is 1.39. The van der Waals surface area contributed by atoms with Gasteiger partial charge >= 0.3 is 0 Å². The number of carbonyl (C=O) groups excluding carboxylic acids is 1. The molecule has 0 spiro atoms. The van der Waals surface area contributed by atoms with Crippen molar-refractivity contribution in [3.63, 3.8) is 0 Å². The van der Waals surface area contributed by atoms with Crippen LogP contribution >= 0.6 is 23.2 Å². The van der Waals surface area contributed by atoms with Crippen molar-refractivity contribution in [2.75, 3.05) is 11.8 Å². The van der Waals surface area contributed by atoms with E-state index < -0.39 is 5.54 Å². The van der Waals surface area contributed by atoms with Crippen molar-refractivity contribution in [3.8, 4) is 0 Å². The summed E-state index contributed by atoms with van der Waals surface area (Å²) in [5.41, 5.74) is -0.239. The maximum atomic E-state index is 11.7. The minimum absolute atomic E-state index is 0.259. The fourth-order valence-corrected chi connectivity index (χ4v) is 1.39. The zero-order valence-corrected chi connectivity index (χ0v) is 10.1. The van der Waals surface area contributed by atoms with Gasteiger partial charge in [-0.15, -0.1) is 23.2 Å². The number of nitrogens with zero attached hydrogens (tertiary/aromatic N) is 2. The summed E-state index contributed by atoms with van der Waals surface area (Å²) < 4.78 is 1.70. The molecule has 0 aliphatic heterocycles. The Morgan fingerprint density at radius 1 is 1.60 bits per heavy atom. The van der Waals surface area contributed by atoms with Crippen LogP contribution in [0, 0.1) is 0 Å². The maximum absolute atomic E-state index is 11.7. The van der Waals surface area contributed by atoms with Gasteiger partial charge in [0.15, 0.2) is 0 Å². The number of aromatic nitrogens is 2. The Morgan fingerprint density at radius 3 is 2.60 bits per heavy atom. The highest BCUT2D eigenvalue weighted by Gasteiger charge is 2.25. The molecule has 1 N–H and O–H groups in total. The second-order valence-corrected chi connectivity index (χ2v) is 4.24. The first-order valence-corrected chi connectivity index (χ1v) is 5.50. The molecule has 4 nitrogen and oxygen atoms in total. The van der Waals surface area contributed by atoms with Crippen molar-refractivity contribution in [1.82, 2.24) is 14.9 Å². The first kappa shape index (κ1) is 12.3. The van der Waals surface area contributed by atoms with E-state index in [-0.39, 0.29) is 17.7 Å². The third-order valence-electron chi connectivity index (χ3n) is 1.94. The Hall–Kier alpha value is -0.740. The van der Waals surface area contributed by atoms with Crippen LogP contribution in [0.25, 0.3) is 0 Å². The van der Waals surface area contributed by atoms with Gasteiger partial charge in [-0.25, -0.2) is 4.98 Å². The van der Waals surface area contributed by atoms with Crippen molar-refractivity contribution >= 4 is 29.1 Å². The number of imidazole rings is 1. The number of halogens is 2. The molecule has 0 aliphatic rings. The van der Waals surface area contributed by atoms with Gasteiger partial charge in [0.1, 0.15) is 5.69 Å². The molecule has 0 aromatic carbocycles. The molecule has 1 aromatic heterocycles. The number of aryl methyl sites for hydroxylation is 1. The Kier molecular flexibility index (Phi) is 3.99. The van der Waals surface area contributed by atoms with Gasteiger partial charge in [0.25, 0.3) is 5.91 Å². The van der Waals surface area contributed by atoms with E-state index in [9.17, 15) is 4.79 Å². The number of alkyl halides is 2. The van der Waals surface area contributed by atoms with E-state index in [1.807, 2.05) is 0 Å². The molecule has 0 radical (unpaired) electrons. The second kappa shape index (κ2) is 4.86. The van der Waals surface area contributed by atoms with Gasteiger partial charge < -0.3 is 9.88 Å². The SMILES string of the molecule is Cn1cnc(C(=O)NC(C)(CCl)CCl)c1. The molecule has 0 saturated carbocycles. The average molecular weight is 250 g/mol. The molecule has 0 fully saturated rings. The molecule has 84 valence electrons. The van der Waals surface area contributed by atoms with Gasteiger partial charge in [-0.1, -0.05) is 0 Å². The lowest BCUT2D eigenvalue weighted by molar-refractivity contribution is 0.0916. The molecule has 0 bridgehead atoms. The van der Waals surface area contributed by atoms with Crippen LogP contribution < -0.4 is 5.32 Å². The van der Waals surface area contributed by atoms with Crippen molar-refractivity contribution < 1.29 is 4.79 Å². The third kappa shape index (κ3) is 3.11. The third-order valence-corrected chi connectivity index (χ3v) is 3.12. The summed E-state index contributed by atoms with van der Waals surface area (Å²) in [6, 6.07) is 0. The van der Waals surface area contributed by atoms with E-state index in [4.69, 9.17) is 23.2 Å². The quantitative estimate of drug-likeness (QED) is 0.821. The summed E-state index contributed by atoms with van der Waals surface area (Å²) in [5, 5.41) is 2.74. The largest absolute Gasteiger partial charge is 0.343 e. The van der Waals surface area contributed by atoms with Gasteiger partial charge in [-0.05, 0) is 6.92 Å². The van der Waals surface area contributed by atoms with E-state index in [1.165, 1.54) is 0 Å². The summed E-state index contributed by atoms with van der Waals surface area (Å²) in [5.74, 6) is 0.254. The Balaban J connectivity index is 2.71. The van der Waals surface area contributed by atoms with Crippen LogP contribution in [-0.2, 0) is 7.05 Å². The summed E-state index contributed by atoms with van der Waals surface area (Å²) in [6.45, 7) is 1.79. The zero-order valence-electron chi connectivity index (χ0n) is 8.63. The molecular weight excluding hydrogens is 237 g/mol. The van der Waals surface area contributed by atoms with Crippen LogP contribution in [0.4, 0.5) is 0 Å². The molecule has 0 atom stereocenters. The van der Waals surface area contributed by atoms with Gasteiger partial charge in [-0.3, -0.25) is 4.79 Å². The van der Waals surface area contributed by atoms with Crippen LogP contribution in [0.1, 0.15) is 17.4 Å². The normalized spacial score (nSPS) is 11.5. The maximum Gasteiger partial charge on any atom is 0.271 e. The minimum atomic E-state index is -0.599. The van der Waals surface area contributed by atoms with Crippen LogP contribution in [0.2, 0.25) is 0 Å². The molecule has 1 aromatic rings. The predicted molar refractivity (Wildman–Crippen MR) is 60.5 cm³/mol. The lowest BCUT2D eigenvalue weighted by Gasteiger charge is -2.25. The van der Waals surface area contributed by atoms with E-state index in [2.05, 4.69) is 10.3 Å². The highest BCUT2D eigenvalue weighted by molar-refractivity contribution is 6.22. The lowest BCUT2D eigenvalue weighted by Crippen LogP contribution is -2.49. The van der Waals surface area contributed by atoms with Crippen molar-refractivity contribution in [3.05, 3.63) is 18.2 Å². The fraction of sp³-hybridized carbons (Fsp3) is 0.556. The van der Waals surface area contributed by atoms with Crippen LogP contribution in [0.3, 0.4) is 0 Å². The Labute approximate surface area is 98.6 Å². The highest BCUT2D eigenvalue weighted by Crippen LogP contribution is 2.10. The summed E-state index contributed by atoms with van der Waals surface area (Å²) in [6.07, 6.45) is 3.20. The smallest absolute Gasteiger partial charge is 0.271 e. The van der Waals surface area contributed by atoms with Crippen molar-refractivity contribution in [2.24, 2.45) is 7.05 Å². The number of amides is 1. The van der Waals surface area contributed by atoms with Gasteiger partial charge in [0.05, 0.1) is 11.9 Å². The summed E-state index contributed by atoms with van der Waals surface area (Å²) >= 11 is 11.4. The first-order chi connectivity index (χ1) is 7.00. The molecule has 1 rings (SSSR count). The molecule has 15 heavy (non-hydrogen) atoms. The van der Waals surface area contributed by atoms with Crippen LogP contribution in [0.5, 0.6) is 0 Å². The number of hydrogen-bond acceptors (Lipinski definition) is 2. The summed E-state index contributed by atoms with van der Waals surface area (Å²) in [7, 11) is 1.80. The summed E-state index contributed by atoms with van der Waals surface area (Å²) in [4.78, 5) is 15.6. The van der Waals surface area contributed by atoms with Gasteiger partial charge in [0, 0.05) is 25.0 Å². The number of carbonyl (C=O) groups is 1. The standard InChI is InChI=1S/C9H13Cl2N3O/c1-9(4-10,5-11)13-8(15)7-3-14(2)6-12-7/h3,6H,4-5H2,1-2H3,(H,13,15). The fourth-order valence-electron chi connectivity index (χ4n) is 0.971. The van der Waals surface area contributed by atoms with E-state index >= 15 is 0 Å². The number of rotatable bonds is 4. The van der Waals surface area contributed by atoms with E-state index in [0.29, 0.717) is 5.69 Å². The lowest BCUT2D eigenvalue weighted by atomic mass is 10.1. The van der Waals surface area contributed by atoms with Gasteiger partial charge in [-0.2, -0.15) is 0 Å². The highest BCUT2D eigenvalue weighted by atomic mass is 35.5. The minimum Gasteiger partial charge on any atom is -0.343 e. The Morgan fingerprint density at radius 2 is 2.20 bits per heavy atom. The molecule has 1 amide bonds. The number of hydrogen-bond donors (Lipinski definition) is 1. The first-order valence-electron chi connectivity index (χ1n) is 4.43. The molecule has 0 saturated heterocycles. The average Bonchev–Trinajstić information content (AvgIpc) is 2.65. The molecular formula is C9H13Cl2N3O. The van der Waals surface area contributed by atoms with Crippen LogP contribution in [0.15, 0.2) is 12.5 Å². The molecule has 1 heterocycles. The topological polar surface area (TPSA) is 46.9 Å². The van der Waals surface area contributed by atoms with Crippen molar-refractivity contribution in [1.29, 1.82) is 0 Å². The van der Waals surface area contributed by atoms with E-state index in [0.717, 1.165) is 0 Å². The van der Waals surface area contributed by atoms with E-state index in [1.54, 1.807) is 31.1 Å². The molecule has 0 unspecified atom stereocenters. The van der Waals surface area contributed by atoms with Crippen LogP contribution in [-0.4, -0.2) is 32.8 Å². The molecule has 0 aliphatic carbocycles.